The summed E-state index contributed by atoms with van der Waals surface area (Å²) in [6.45, 7) is 0. The molecule has 0 saturated carbocycles. The summed E-state index contributed by atoms with van der Waals surface area (Å²) in [5.41, 5.74) is -6.65. The molecule has 0 radical (unpaired) electrons. The third-order valence-electron chi connectivity index (χ3n) is 1.78. The molecule has 0 aliphatic rings. The molecule has 0 N–H and O–H groups in total. The maximum atomic E-state index is 12.6. The summed E-state index contributed by atoms with van der Waals surface area (Å²) < 4.78 is 142. The van der Waals surface area contributed by atoms with E-state index in [2.05, 4.69) is 0 Å². The lowest BCUT2D eigenvalue weighted by molar-refractivity contribution is -0.375. The fourth-order valence-corrected chi connectivity index (χ4v) is 0.767. The first-order valence-electron chi connectivity index (χ1n) is 3.72. The van der Waals surface area contributed by atoms with Gasteiger partial charge in [0.05, 0.1) is 6.42 Å². The Bertz CT molecular complexity index is 275. The van der Waals surface area contributed by atoms with Crippen LogP contribution >= 0.6 is 0 Å². The zero-order chi connectivity index (χ0) is 15.2. The summed E-state index contributed by atoms with van der Waals surface area (Å²) >= 11 is 0. The Labute approximate surface area is 90.6 Å². The van der Waals surface area contributed by atoms with E-state index in [-0.39, 0.29) is 0 Å². The van der Waals surface area contributed by atoms with Gasteiger partial charge in [-0.25, -0.2) is 4.39 Å². The Morgan fingerprint density at radius 1 is 0.444 bits per heavy atom. The highest BCUT2D eigenvalue weighted by Crippen LogP contribution is 2.54. The van der Waals surface area contributed by atoms with E-state index in [1.54, 1.807) is 0 Å². The first kappa shape index (κ1) is 17.2. The summed E-state index contributed by atoms with van der Waals surface area (Å²) in [7, 11) is 0. The Morgan fingerprint density at radius 2 is 0.722 bits per heavy atom. The van der Waals surface area contributed by atoms with Crippen molar-refractivity contribution in [1.29, 1.82) is 0 Å². The van der Waals surface area contributed by atoms with Gasteiger partial charge in [-0.1, -0.05) is 0 Å². The fourth-order valence-electron chi connectivity index (χ4n) is 0.767. The van der Waals surface area contributed by atoms with Crippen molar-refractivity contribution in [3.05, 3.63) is 0 Å². The molecule has 0 amide bonds. The van der Waals surface area contributed by atoms with Crippen molar-refractivity contribution in [3.8, 4) is 0 Å². The predicted molar refractivity (Wildman–Crippen MR) is 31.6 cm³/mol. The second-order valence-corrected chi connectivity index (χ2v) is 3.18. The molecule has 0 nitrogen and oxygen atoms in total. The quantitative estimate of drug-likeness (QED) is 0.663. The summed E-state index contributed by atoms with van der Waals surface area (Å²) in [6.07, 6.45) is -24.8. The van der Waals surface area contributed by atoms with Crippen molar-refractivity contribution in [3.63, 3.8) is 0 Å². The molecule has 0 bridgehead atoms. The van der Waals surface area contributed by atoms with Crippen molar-refractivity contribution in [2.24, 2.45) is 0 Å². The van der Waals surface area contributed by atoms with Gasteiger partial charge in [-0.3, -0.25) is 0 Å². The Balaban J connectivity index is 5.58. The topological polar surface area (TPSA) is 0 Å². The van der Waals surface area contributed by atoms with E-state index < -0.39 is 36.5 Å². The van der Waals surface area contributed by atoms with Crippen LogP contribution in [0.3, 0.4) is 0 Å². The molecule has 0 aromatic heterocycles. The Kier molecular flexibility index (Phi) is 3.89. The number of halogens is 12. The van der Waals surface area contributed by atoms with Gasteiger partial charge in [-0.2, -0.15) is 48.3 Å². The van der Waals surface area contributed by atoms with Gasteiger partial charge >= 0.3 is 30.1 Å². The van der Waals surface area contributed by atoms with Gasteiger partial charge in [0.1, 0.15) is 0 Å². The normalized spacial score (nSPS) is 16.0. The molecule has 0 aromatic rings. The Hall–Kier alpha value is -0.840. The van der Waals surface area contributed by atoms with Gasteiger partial charge in [-0.15, -0.1) is 0 Å². The van der Waals surface area contributed by atoms with E-state index in [0.29, 0.717) is 0 Å². The van der Waals surface area contributed by atoms with Crippen LogP contribution in [0.4, 0.5) is 52.7 Å². The molecule has 0 heterocycles. The van der Waals surface area contributed by atoms with E-state index in [0.717, 1.165) is 0 Å². The van der Waals surface area contributed by atoms with Gasteiger partial charge < -0.3 is 0 Å². The van der Waals surface area contributed by atoms with Crippen molar-refractivity contribution >= 4 is 0 Å². The van der Waals surface area contributed by atoms with E-state index in [1.165, 1.54) is 0 Å². The third kappa shape index (κ3) is 2.94. The van der Waals surface area contributed by atoms with Crippen LogP contribution in [0.5, 0.6) is 0 Å². The van der Waals surface area contributed by atoms with Crippen LogP contribution in [0.2, 0.25) is 0 Å². The van der Waals surface area contributed by atoms with Crippen molar-refractivity contribution in [2.75, 3.05) is 0 Å². The summed E-state index contributed by atoms with van der Waals surface area (Å²) in [4.78, 5) is 0. The highest BCUT2D eigenvalue weighted by Gasteiger charge is 2.78. The Morgan fingerprint density at radius 3 is 0.889 bits per heavy atom. The average molecular weight is 302 g/mol. The lowest BCUT2D eigenvalue weighted by Crippen LogP contribution is -2.58. The molecule has 0 unspecified atom stereocenters. The fraction of sp³-hybridized carbons (Fsp3) is 1.00. The van der Waals surface area contributed by atoms with Crippen molar-refractivity contribution < 1.29 is 52.7 Å². The van der Waals surface area contributed by atoms with E-state index >= 15 is 0 Å². The highest BCUT2D eigenvalue weighted by atomic mass is 19.4. The molecule has 0 aromatic carbocycles. The van der Waals surface area contributed by atoms with Gasteiger partial charge in [0, 0.05) is 0 Å². The van der Waals surface area contributed by atoms with Crippen LogP contribution in [0.15, 0.2) is 0 Å². The standard InChI is InChI=1S/C6H2F12/c7-2(4(10,11)12,5(13,14)15)1-3(8,9)6(16,17)18/h1H2. The van der Waals surface area contributed by atoms with Crippen LogP contribution in [0.1, 0.15) is 6.42 Å². The molecular formula is C6H2F12. The first-order valence-corrected chi connectivity index (χ1v) is 3.72. The van der Waals surface area contributed by atoms with Crippen molar-refractivity contribution in [1.82, 2.24) is 0 Å². The largest absolute Gasteiger partial charge is 0.453 e. The molecular weight excluding hydrogens is 300 g/mol. The van der Waals surface area contributed by atoms with E-state index in [4.69, 9.17) is 0 Å². The molecule has 0 saturated heterocycles. The number of hydrogen-bond donors (Lipinski definition) is 0. The number of rotatable bonds is 2. The minimum absolute atomic E-state index is 4.11. The molecule has 0 rings (SSSR count). The zero-order valence-corrected chi connectivity index (χ0v) is 7.74. The molecule has 0 aliphatic heterocycles. The lowest BCUT2D eigenvalue weighted by atomic mass is 9.95. The second-order valence-electron chi connectivity index (χ2n) is 3.18. The zero-order valence-electron chi connectivity index (χ0n) is 7.74. The second kappa shape index (κ2) is 4.08. The van der Waals surface area contributed by atoms with Crippen LogP contribution in [-0.2, 0) is 0 Å². The van der Waals surface area contributed by atoms with Crippen LogP contribution < -0.4 is 0 Å². The van der Waals surface area contributed by atoms with E-state index in [9.17, 15) is 52.7 Å². The van der Waals surface area contributed by atoms with Gasteiger partial charge in [0.25, 0.3) is 0 Å². The molecule has 18 heavy (non-hydrogen) atoms. The van der Waals surface area contributed by atoms with Crippen molar-refractivity contribution in [2.45, 2.75) is 36.5 Å². The molecule has 110 valence electrons. The van der Waals surface area contributed by atoms with Crippen LogP contribution in [-0.4, -0.2) is 30.1 Å². The lowest BCUT2D eigenvalue weighted by Gasteiger charge is -2.33. The van der Waals surface area contributed by atoms with Gasteiger partial charge in [0.15, 0.2) is 0 Å². The molecule has 12 heteroatoms. The average Bonchev–Trinajstić information content (AvgIpc) is 1.95. The predicted octanol–water partition coefficient (Wildman–Crippen LogP) is 4.41. The molecule has 0 aliphatic carbocycles. The third-order valence-corrected chi connectivity index (χ3v) is 1.78. The van der Waals surface area contributed by atoms with Crippen LogP contribution in [0.25, 0.3) is 0 Å². The maximum absolute atomic E-state index is 12.6. The molecule has 0 atom stereocenters. The summed E-state index contributed by atoms with van der Waals surface area (Å²) in [5, 5.41) is 0. The smallest absolute Gasteiger partial charge is 0.223 e. The summed E-state index contributed by atoms with van der Waals surface area (Å²) in [6, 6.07) is 0. The molecule has 0 spiro atoms. The highest BCUT2D eigenvalue weighted by molar-refractivity contribution is 4.99. The van der Waals surface area contributed by atoms with Gasteiger partial charge in [0.2, 0.25) is 0 Å². The number of alkyl halides is 12. The minimum Gasteiger partial charge on any atom is -0.223 e. The SMILES string of the molecule is FC(F)(F)C(F)(F)CC(F)(C(F)(F)F)C(F)(F)F. The summed E-state index contributed by atoms with van der Waals surface area (Å²) in [5.74, 6) is -6.48. The molecule has 0 fully saturated rings. The van der Waals surface area contributed by atoms with Gasteiger partial charge in [-0.05, 0) is 0 Å². The minimum atomic E-state index is -6.96. The maximum Gasteiger partial charge on any atom is 0.453 e. The monoisotopic (exact) mass is 302 g/mol. The number of hydrogen-bond acceptors (Lipinski definition) is 0. The van der Waals surface area contributed by atoms with E-state index in [1.807, 2.05) is 0 Å². The first-order chi connectivity index (χ1) is 7.46. The van der Waals surface area contributed by atoms with Crippen LogP contribution in [0, 0.1) is 0 Å².